The lowest BCUT2D eigenvalue weighted by Crippen LogP contribution is -2.35. The van der Waals surface area contributed by atoms with Crippen LogP contribution in [0.1, 0.15) is 43.6 Å². The highest BCUT2D eigenvalue weighted by molar-refractivity contribution is 5.82. The first-order chi connectivity index (χ1) is 10.3. The Kier molecular flexibility index (Phi) is 4.44. The van der Waals surface area contributed by atoms with E-state index in [1.807, 2.05) is 12.1 Å². The molecule has 1 aromatic rings. The molecule has 4 nitrogen and oxygen atoms in total. The van der Waals surface area contributed by atoms with E-state index in [0.717, 1.165) is 36.4 Å². The minimum atomic E-state index is 0.239. The maximum absolute atomic E-state index is 11.6. The van der Waals surface area contributed by atoms with Gasteiger partial charge in [0.25, 0.3) is 0 Å². The summed E-state index contributed by atoms with van der Waals surface area (Å²) in [5.74, 6) is 2.11. The molecule has 1 heterocycles. The van der Waals surface area contributed by atoms with Crippen LogP contribution in [-0.2, 0) is 4.79 Å². The molecule has 1 saturated heterocycles. The van der Waals surface area contributed by atoms with Gasteiger partial charge >= 0.3 is 0 Å². The predicted molar refractivity (Wildman–Crippen MR) is 81.1 cm³/mol. The largest absolute Gasteiger partial charge is 0.493 e. The molecule has 1 atom stereocenters. The number of rotatable bonds is 4. The Morgan fingerprint density at radius 3 is 2.71 bits per heavy atom. The lowest BCUT2D eigenvalue weighted by molar-refractivity contribution is -0.119. The summed E-state index contributed by atoms with van der Waals surface area (Å²) in [6.07, 6.45) is 5.65. The van der Waals surface area contributed by atoms with Crippen molar-refractivity contribution < 1.29 is 14.3 Å². The van der Waals surface area contributed by atoms with E-state index in [1.165, 1.54) is 12.8 Å². The molecule has 0 spiro atoms. The fourth-order valence-electron chi connectivity index (χ4n) is 3.27. The lowest BCUT2D eigenvalue weighted by Gasteiger charge is -2.24. The van der Waals surface area contributed by atoms with Crippen molar-refractivity contribution in [3.8, 4) is 11.5 Å². The third-order valence-corrected chi connectivity index (χ3v) is 4.44. The summed E-state index contributed by atoms with van der Waals surface area (Å²) in [7, 11) is 1.67. The first-order valence-corrected chi connectivity index (χ1v) is 7.83. The molecule has 3 rings (SSSR count). The molecule has 21 heavy (non-hydrogen) atoms. The highest BCUT2D eigenvalue weighted by Crippen LogP contribution is 2.35. The maximum atomic E-state index is 11.6. The van der Waals surface area contributed by atoms with Gasteiger partial charge in [-0.2, -0.15) is 0 Å². The van der Waals surface area contributed by atoms with Crippen molar-refractivity contribution in [3.63, 3.8) is 0 Å². The van der Waals surface area contributed by atoms with Crippen molar-refractivity contribution in [3.05, 3.63) is 23.8 Å². The quantitative estimate of drug-likeness (QED) is 0.925. The Labute approximate surface area is 125 Å². The van der Waals surface area contributed by atoms with Crippen molar-refractivity contribution in [2.24, 2.45) is 0 Å². The molecule has 0 radical (unpaired) electrons. The van der Waals surface area contributed by atoms with Crippen LogP contribution >= 0.6 is 0 Å². The molecule has 2 fully saturated rings. The van der Waals surface area contributed by atoms with Crippen molar-refractivity contribution >= 4 is 5.78 Å². The highest BCUT2D eigenvalue weighted by atomic mass is 16.5. The molecule has 1 unspecified atom stereocenters. The summed E-state index contributed by atoms with van der Waals surface area (Å²) in [5, 5.41) is 3.18. The summed E-state index contributed by atoms with van der Waals surface area (Å²) in [5.41, 5.74) is 1.16. The number of hydrogen-bond donors (Lipinski definition) is 1. The number of benzene rings is 1. The Morgan fingerprint density at radius 2 is 2.00 bits per heavy atom. The van der Waals surface area contributed by atoms with Crippen LogP contribution in [-0.4, -0.2) is 32.1 Å². The van der Waals surface area contributed by atoms with Gasteiger partial charge in [-0.25, -0.2) is 0 Å². The van der Waals surface area contributed by atoms with Gasteiger partial charge in [-0.1, -0.05) is 6.07 Å². The molecule has 1 aromatic carbocycles. The van der Waals surface area contributed by atoms with Crippen molar-refractivity contribution in [1.82, 2.24) is 5.32 Å². The fraction of sp³-hybridized carbons (Fsp3) is 0.588. The van der Waals surface area contributed by atoms with Gasteiger partial charge in [-0.05, 0) is 43.4 Å². The second kappa shape index (κ2) is 6.48. The average molecular weight is 289 g/mol. The van der Waals surface area contributed by atoms with E-state index >= 15 is 0 Å². The smallest absolute Gasteiger partial charge is 0.161 e. The zero-order valence-corrected chi connectivity index (χ0v) is 12.6. The maximum Gasteiger partial charge on any atom is 0.161 e. The zero-order chi connectivity index (χ0) is 14.7. The minimum absolute atomic E-state index is 0.239. The third-order valence-electron chi connectivity index (χ3n) is 4.44. The van der Waals surface area contributed by atoms with Crippen LogP contribution in [0.4, 0.5) is 0 Å². The summed E-state index contributed by atoms with van der Waals surface area (Å²) in [6, 6.07) is 6.06. The Bertz CT molecular complexity index is 509. The van der Waals surface area contributed by atoms with E-state index in [-0.39, 0.29) is 11.7 Å². The van der Waals surface area contributed by atoms with Crippen LogP contribution in [0, 0.1) is 0 Å². The van der Waals surface area contributed by atoms with Crippen LogP contribution < -0.4 is 14.8 Å². The van der Waals surface area contributed by atoms with E-state index < -0.39 is 0 Å². The SMILES string of the molecule is COc1ccc(C2CNCC(=O)C2)cc1OC1CCCC1. The van der Waals surface area contributed by atoms with E-state index in [2.05, 4.69) is 11.4 Å². The molecule has 114 valence electrons. The van der Waals surface area contributed by atoms with Crippen LogP contribution in [0.2, 0.25) is 0 Å². The first-order valence-electron chi connectivity index (χ1n) is 7.83. The normalized spacial score (nSPS) is 23.3. The van der Waals surface area contributed by atoms with E-state index in [9.17, 15) is 4.79 Å². The summed E-state index contributed by atoms with van der Waals surface area (Å²) >= 11 is 0. The van der Waals surface area contributed by atoms with Gasteiger partial charge in [0.1, 0.15) is 5.78 Å². The van der Waals surface area contributed by atoms with Gasteiger partial charge in [-0.15, -0.1) is 0 Å². The molecule has 1 saturated carbocycles. The van der Waals surface area contributed by atoms with Gasteiger partial charge in [0, 0.05) is 18.9 Å². The van der Waals surface area contributed by atoms with Crippen molar-refractivity contribution in [2.45, 2.75) is 44.1 Å². The average Bonchev–Trinajstić information content (AvgIpc) is 3.00. The highest BCUT2D eigenvalue weighted by Gasteiger charge is 2.23. The standard InChI is InChI=1S/C17H23NO3/c1-20-16-7-6-12(13-8-14(19)11-18-10-13)9-17(16)21-15-4-2-3-5-15/h6-7,9,13,15,18H,2-5,8,10-11H2,1H3. The minimum Gasteiger partial charge on any atom is -0.493 e. The molecule has 4 heteroatoms. The van der Waals surface area contributed by atoms with Crippen molar-refractivity contribution in [1.29, 1.82) is 0 Å². The number of ether oxygens (including phenoxy) is 2. The molecule has 0 bridgehead atoms. The predicted octanol–water partition coefficient (Wildman–Crippen LogP) is 2.66. The Balaban J connectivity index is 1.79. The molecule has 1 N–H and O–H groups in total. The number of ketones is 1. The number of nitrogens with one attached hydrogen (secondary N) is 1. The van der Waals surface area contributed by atoms with Gasteiger partial charge in [0.05, 0.1) is 19.8 Å². The summed E-state index contributed by atoms with van der Waals surface area (Å²) in [6.45, 7) is 1.35. The van der Waals surface area contributed by atoms with Crippen LogP contribution in [0.5, 0.6) is 11.5 Å². The number of carbonyl (C=O) groups is 1. The van der Waals surface area contributed by atoms with Gasteiger partial charge in [0.2, 0.25) is 0 Å². The van der Waals surface area contributed by atoms with E-state index in [4.69, 9.17) is 9.47 Å². The topological polar surface area (TPSA) is 47.6 Å². The number of methoxy groups -OCH3 is 1. The Hall–Kier alpha value is -1.55. The summed E-state index contributed by atoms with van der Waals surface area (Å²) in [4.78, 5) is 11.6. The van der Waals surface area contributed by atoms with E-state index in [0.29, 0.717) is 19.1 Å². The molecule has 0 aromatic heterocycles. The third kappa shape index (κ3) is 3.38. The van der Waals surface area contributed by atoms with E-state index in [1.54, 1.807) is 7.11 Å². The fourth-order valence-corrected chi connectivity index (χ4v) is 3.27. The second-order valence-corrected chi connectivity index (χ2v) is 6.01. The number of carbonyl (C=O) groups excluding carboxylic acids is 1. The molecular weight excluding hydrogens is 266 g/mol. The molecule has 2 aliphatic rings. The van der Waals surface area contributed by atoms with Gasteiger partial charge in [0.15, 0.2) is 11.5 Å². The monoisotopic (exact) mass is 289 g/mol. The van der Waals surface area contributed by atoms with Crippen LogP contribution in [0.3, 0.4) is 0 Å². The second-order valence-electron chi connectivity index (χ2n) is 6.01. The first kappa shape index (κ1) is 14.4. The molecular formula is C17H23NO3. The number of piperidine rings is 1. The lowest BCUT2D eigenvalue weighted by atomic mass is 9.91. The van der Waals surface area contributed by atoms with Crippen molar-refractivity contribution in [2.75, 3.05) is 20.2 Å². The van der Waals surface area contributed by atoms with Crippen LogP contribution in [0.25, 0.3) is 0 Å². The zero-order valence-electron chi connectivity index (χ0n) is 12.6. The van der Waals surface area contributed by atoms with Gasteiger partial charge in [-0.3, -0.25) is 4.79 Å². The van der Waals surface area contributed by atoms with Gasteiger partial charge < -0.3 is 14.8 Å². The Morgan fingerprint density at radius 1 is 1.19 bits per heavy atom. The number of hydrogen-bond acceptors (Lipinski definition) is 4. The molecule has 1 aliphatic carbocycles. The number of Topliss-reactive ketones (excluding diaryl/α,β-unsaturated/α-hetero) is 1. The molecule has 0 amide bonds. The van der Waals surface area contributed by atoms with Crippen LogP contribution in [0.15, 0.2) is 18.2 Å². The summed E-state index contributed by atoms with van der Waals surface area (Å²) < 4.78 is 11.5. The molecule has 1 aliphatic heterocycles.